The van der Waals surface area contributed by atoms with Crippen LogP contribution in [0.5, 0.6) is 0 Å². The molecular weight excluding hydrogens is 499 g/mol. The second-order valence-electron chi connectivity index (χ2n) is 6.83. The lowest BCUT2D eigenvalue weighted by molar-refractivity contribution is -0.387. The first-order valence-electron chi connectivity index (χ1n) is 9.47. The molecule has 1 aromatic heterocycles. The zero-order valence-electron chi connectivity index (χ0n) is 17.0. The van der Waals surface area contributed by atoms with E-state index in [0.717, 1.165) is 27.2 Å². The predicted octanol–water partition coefficient (Wildman–Crippen LogP) is 5.66. The monoisotopic (exact) mass is 513 g/mol. The van der Waals surface area contributed by atoms with Gasteiger partial charge in [0.1, 0.15) is 0 Å². The first kappa shape index (κ1) is 23.2. The summed E-state index contributed by atoms with van der Waals surface area (Å²) in [6.45, 7) is 1.97. The second-order valence-corrected chi connectivity index (χ2v) is 10.6. The Bertz CT molecular complexity index is 1290. The Balaban J connectivity index is 1.55. The second kappa shape index (κ2) is 9.87. The van der Waals surface area contributed by atoms with Gasteiger partial charge >= 0.3 is 0 Å². The summed E-state index contributed by atoms with van der Waals surface area (Å²) in [7, 11) is 0. The van der Waals surface area contributed by atoms with E-state index in [4.69, 9.17) is 12.2 Å². The van der Waals surface area contributed by atoms with Gasteiger partial charge < -0.3 is 0 Å². The van der Waals surface area contributed by atoms with Gasteiger partial charge in [-0.2, -0.15) is 5.01 Å². The molecule has 1 saturated heterocycles. The minimum atomic E-state index is -0.490. The number of nitro groups is 1. The van der Waals surface area contributed by atoms with Crippen LogP contribution in [0.3, 0.4) is 0 Å². The van der Waals surface area contributed by atoms with E-state index in [1.807, 2.05) is 31.2 Å². The Hall–Kier alpha value is -2.99. The van der Waals surface area contributed by atoms with Crippen LogP contribution < -0.4 is 5.43 Å². The van der Waals surface area contributed by atoms with E-state index in [2.05, 4.69) is 5.43 Å². The van der Waals surface area contributed by atoms with E-state index in [1.54, 1.807) is 29.6 Å². The molecule has 4 rings (SSSR count). The lowest BCUT2D eigenvalue weighted by Crippen LogP contribution is -2.44. The van der Waals surface area contributed by atoms with Crippen molar-refractivity contribution < 1.29 is 14.5 Å². The lowest BCUT2D eigenvalue weighted by atomic mass is 10.2. The Kier molecular flexibility index (Phi) is 6.94. The van der Waals surface area contributed by atoms with Crippen LogP contribution in [0.1, 0.15) is 20.8 Å². The van der Waals surface area contributed by atoms with Crippen LogP contribution in [0.2, 0.25) is 0 Å². The molecule has 0 atom stereocenters. The first-order chi connectivity index (χ1) is 15.8. The molecule has 1 N–H and O–H groups in total. The minimum absolute atomic E-state index is 0.0594. The summed E-state index contributed by atoms with van der Waals surface area (Å²) in [6.07, 6.45) is 1.53. The number of hydrazine groups is 1. The minimum Gasteiger partial charge on any atom is -0.266 e. The smallest absolute Gasteiger partial charge is 0.266 e. The molecule has 3 aromatic rings. The molecule has 33 heavy (non-hydrogen) atoms. The summed E-state index contributed by atoms with van der Waals surface area (Å²) in [5, 5.41) is 14.5. The van der Waals surface area contributed by atoms with Crippen molar-refractivity contribution in [2.75, 3.05) is 0 Å². The first-order valence-corrected chi connectivity index (χ1v) is 12.4. The van der Waals surface area contributed by atoms with Crippen LogP contribution in [0.25, 0.3) is 6.08 Å². The molecule has 0 spiro atoms. The Morgan fingerprint density at radius 3 is 2.64 bits per heavy atom. The molecule has 7 nitrogen and oxygen atoms in total. The van der Waals surface area contributed by atoms with Gasteiger partial charge in [0, 0.05) is 11.0 Å². The number of nitrogens with one attached hydrogen (secondary N) is 1. The van der Waals surface area contributed by atoms with Crippen molar-refractivity contribution in [3.8, 4) is 0 Å². The Morgan fingerprint density at radius 2 is 1.97 bits per heavy atom. The summed E-state index contributed by atoms with van der Waals surface area (Å²) >= 11 is 8.80. The third kappa shape index (κ3) is 5.33. The van der Waals surface area contributed by atoms with Gasteiger partial charge in [-0.05, 0) is 60.4 Å². The van der Waals surface area contributed by atoms with Gasteiger partial charge in [-0.25, -0.2) is 0 Å². The molecule has 0 aliphatic carbocycles. The van der Waals surface area contributed by atoms with E-state index < -0.39 is 16.7 Å². The molecule has 2 amide bonds. The number of thiophene rings is 1. The molecule has 1 aliphatic heterocycles. The van der Waals surface area contributed by atoms with Crippen molar-refractivity contribution >= 4 is 75.0 Å². The third-order valence-electron chi connectivity index (χ3n) is 4.48. The molecule has 0 saturated carbocycles. The number of carbonyl (C=O) groups excluding carboxylic acids is 2. The molecule has 2 heterocycles. The lowest BCUT2D eigenvalue weighted by Gasteiger charge is -2.14. The van der Waals surface area contributed by atoms with Crippen LogP contribution in [0, 0.1) is 17.0 Å². The number of nitro benzene ring substituents is 1. The van der Waals surface area contributed by atoms with Crippen LogP contribution in [0.15, 0.2) is 74.7 Å². The van der Waals surface area contributed by atoms with Gasteiger partial charge in [0.05, 0.1) is 19.6 Å². The van der Waals surface area contributed by atoms with Gasteiger partial charge in [0.25, 0.3) is 17.5 Å². The number of amides is 2. The summed E-state index contributed by atoms with van der Waals surface area (Å²) < 4.78 is 0.178. The fourth-order valence-corrected chi connectivity index (χ4v) is 5.56. The van der Waals surface area contributed by atoms with Crippen molar-refractivity contribution in [2.24, 2.45) is 0 Å². The molecule has 166 valence electrons. The van der Waals surface area contributed by atoms with Crippen LogP contribution >= 0.6 is 47.1 Å². The van der Waals surface area contributed by atoms with Crippen LogP contribution in [0.4, 0.5) is 5.69 Å². The van der Waals surface area contributed by atoms with E-state index in [0.29, 0.717) is 15.3 Å². The summed E-state index contributed by atoms with van der Waals surface area (Å²) in [4.78, 5) is 38.4. The van der Waals surface area contributed by atoms with E-state index in [9.17, 15) is 19.7 Å². The van der Waals surface area contributed by atoms with Gasteiger partial charge in [-0.15, -0.1) is 11.3 Å². The molecule has 1 fully saturated rings. The number of hydrogen-bond acceptors (Lipinski definition) is 8. The highest BCUT2D eigenvalue weighted by molar-refractivity contribution is 8.26. The maximum atomic E-state index is 12.8. The normalized spacial score (nSPS) is 14.7. The largest absolute Gasteiger partial charge is 0.285 e. The number of thiocarbonyl (C=S) groups is 1. The summed E-state index contributed by atoms with van der Waals surface area (Å²) in [6, 6.07) is 15.9. The predicted molar refractivity (Wildman–Crippen MR) is 135 cm³/mol. The molecule has 0 bridgehead atoms. The van der Waals surface area contributed by atoms with Crippen molar-refractivity contribution in [3.05, 3.63) is 91.0 Å². The van der Waals surface area contributed by atoms with Gasteiger partial charge in [-0.3, -0.25) is 25.1 Å². The quantitative estimate of drug-likeness (QED) is 0.197. The number of hydrogen-bond donors (Lipinski definition) is 1. The van der Waals surface area contributed by atoms with Crippen LogP contribution in [-0.4, -0.2) is 26.1 Å². The molecule has 0 unspecified atom stereocenters. The summed E-state index contributed by atoms with van der Waals surface area (Å²) in [5.41, 5.74) is 4.04. The van der Waals surface area contributed by atoms with Gasteiger partial charge in [0.2, 0.25) is 0 Å². The van der Waals surface area contributed by atoms with Crippen molar-refractivity contribution in [1.29, 1.82) is 0 Å². The molecule has 11 heteroatoms. The number of benzene rings is 2. The fraction of sp³-hybridized carbons (Fsp3) is 0.0455. The number of carbonyl (C=O) groups is 2. The van der Waals surface area contributed by atoms with Crippen molar-refractivity contribution in [1.82, 2.24) is 10.4 Å². The average molecular weight is 514 g/mol. The highest BCUT2D eigenvalue weighted by Gasteiger charge is 2.34. The zero-order valence-corrected chi connectivity index (χ0v) is 20.3. The zero-order chi connectivity index (χ0) is 23.5. The maximum Gasteiger partial charge on any atom is 0.285 e. The Morgan fingerprint density at radius 1 is 1.21 bits per heavy atom. The maximum absolute atomic E-state index is 12.8. The highest BCUT2D eigenvalue weighted by Crippen LogP contribution is 2.37. The van der Waals surface area contributed by atoms with Crippen molar-refractivity contribution in [3.63, 3.8) is 0 Å². The molecular formula is C22H15N3O4S4. The van der Waals surface area contributed by atoms with Gasteiger partial charge in [0.15, 0.2) is 4.32 Å². The van der Waals surface area contributed by atoms with Crippen molar-refractivity contribution in [2.45, 2.75) is 16.7 Å². The van der Waals surface area contributed by atoms with E-state index >= 15 is 0 Å². The molecule has 0 radical (unpaired) electrons. The molecule has 2 aromatic carbocycles. The number of rotatable bonds is 6. The highest BCUT2D eigenvalue weighted by atomic mass is 32.2. The van der Waals surface area contributed by atoms with Gasteiger partial charge in [-0.1, -0.05) is 53.4 Å². The molecule has 1 aliphatic rings. The Labute approximate surface area is 207 Å². The van der Waals surface area contributed by atoms with Crippen LogP contribution in [-0.2, 0) is 4.79 Å². The standard InChI is InChI=1S/C22H15N3O4S4/c1-13-4-7-15(8-5-13)32-17-9-6-14(11-16(17)25(28)29)12-19-21(27)24(22(30)33-19)23-20(26)18-3-2-10-31-18/h2-12H,1H3,(H,23,26)/b19-12-. The van der Waals surface area contributed by atoms with E-state index in [1.165, 1.54) is 35.2 Å². The average Bonchev–Trinajstić information content (AvgIpc) is 3.41. The van der Waals surface area contributed by atoms with E-state index in [-0.39, 0.29) is 14.9 Å². The number of aryl methyl sites for hydroxylation is 1. The fourth-order valence-electron chi connectivity index (χ4n) is 2.87. The summed E-state index contributed by atoms with van der Waals surface area (Å²) in [5.74, 6) is -0.925. The number of thioether (sulfide) groups is 1. The topological polar surface area (TPSA) is 92.6 Å². The SMILES string of the molecule is Cc1ccc(Sc2ccc(/C=C3\SC(=S)N(NC(=O)c4cccs4)C3=O)cc2[N+](=O)[O-])cc1. The third-order valence-corrected chi connectivity index (χ3v) is 7.72. The number of nitrogens with zero attached hydrogens (tertiary/aromatic N) is 2.